The molecule has 32 heavy (non-hydrogen) atoms. The number of hydrogen-bond acceptors (Lipinski definition) is 8. The summed E-state index contributed by atoms with van der Waals surface area (Å²) in [5.41, 5.74) is -0.113. The van der Waals surface area contributed by atoms with Crippen LogP contribution in [-0.4, -0.2) is 73.2 Å². The molecule has 1 aliphatic carbocycles. The lowest BCUT2D eigenvalue weighted by Gasteiger charge is -2.20. The normalized spacial score (nSPS) is 15.7. The maximum atomic E-state index is 12.2. The van der Waals surface area contributed by atoms with Crippen LogP contribution in [0.4, 0.5) is 5.69 Å². The molecule has 1 saturated carbocycles. The van der Waals surface area contributed by atoms with E-state index in [1.807, 2.05) is 0 Å². The molecule has 180 valence electrons. The topological polar surface area (TPSA) is 176 Å². The van der Waals surface area contributed by atoms with E-state index in [9.17, 15) is 19.4 Å². The van der Waals surface area contributed by atoms with Crippen LogP contribution in [-0.2, 0) is 20.4 Å². The first-order valence-corrected chi connectivity index (χ1v) is 11.7. The number of aliphatic carboxylic acids is 2. The molecule has 12 heteroatoms. The Morgan fingerprint density at radius 2 is 1.81 bits per heavy atom. The van der Waals surface area contributed by atoms with Gasteiger partial charge in [0.15, 0.2) is 5.75 Å². The summed E-state index contributed by atoms with van der Waals surface area (Å²) >= 11 is 0. The van der Waals surface area contributed by atoms with Crippen molar-refractivity contribution in [1.29, 1.82) is 0 Å². The number of rotatable bonds is 11. The summed E-state index contributed by atoms with van der Waals surface area (Å²) in [7, 11) is -0.747. The molecule has 2 unspecified atom stereocenters. The van der Waals surface area contributed by atoms with E-state index in [0.717, 1.165) is 19.3 Å². The van der Waals surface area contributed by atoms with Crippen molar-refractivity contribution in [3.8, 4) is 5.75 Å². The van der Waals surface area contributed by atoms with Gasteiger partial charge < -0.3 is 25.4 Å². The fourth-order valence-electron chi connectivity index (χ4n) is 3.08. The van der Waals surface area contributed by atoms with Gasteiger partial charge in [0.25, 0.3) is 0 Å². The molecule has 11 nitrogen and oxygen atoms in total. The molecule has 1 aromatic carbocycles. The number of benzene rings is 1. The van der Waals surface area contributed by atoms with E-state index in [2.05, 4.69) is 5.32 Å². The molecule has 0 spiro atoms. The first-order chi connectivity index (χ1) is 15.2. The zero-order valence-corrected chi connectivity index (χ0v) is 18.5. The van der Waals surface area contributed by atoms with Crippen molar-refractivity contribution >= 4 is 28.4 Å². The number of nitro benzene ring substituents is 1. The lowest BCUT2D eigenvalue weighted by atomic mass is 10.0. The van der Waals surface area contributed by atoms with Gasteiger partial charge in [-0.3, -0.25) is 14.3 Å². The molecule has 0 aromatic heterocycles. The monoisotopic (exact) mass is 474 g/mol. The molecule has 1 aliphatic rings. The molecular formula is C20H30N2O9S. The van der Waals surface area contributed by atoms with Gasteiger partial charge in [0.1, 0.15) is 12.7 Å². The summed E-state index contributed by atoms with van der Waals surface area (Å²) in [5.74, 6) is -2.80. The molecule has 1 aromatic rings. The lowest BCUT2D eigenvalue weighted by Crippen LogP contribution is -2.32. The number of carboxylic acids is 2. The van der Waals surface area contributed by atoms with E-state index in [-0.39, 0.29) is 18.0 Å². The summed E-state index contributed by atoms with van der Waals surface area (Å²) in [4.78, 5) is 28.6. The number of carboxylic acid groups (broad SMARTS) is 2. The Kier molecular flexibility index (Phi) is 13.1. The van der Waals surface area contributed by atoms with Gasteiger partial charge in [-0.25, -0.2) is 9.59 Å². The Labute approximate surface area is 188 Å². The van der Waals surface area contributed by atoms with E-state index < -0.39 is 33.8 Å². The fourth-order valence-corrected chi connectivity index (χ4v) is 4.70. The number of nitro groups is 1. The van der Waals surface area contributed by atoms with Crippen molar-refractivity contribution in [2.24, 2.45) is 0 Å². The quantitative estimate of drug-likeness (QED) is 0.159. The molecule has 0 amide bonds. The van der Waals surface area contributed by atoms with Crippen LogP contribution in [0.2, 0.25) is 0 Å². The maximum Gasteiger partial charge on any atom is 0.414 e. The number of nitrogens with zero attached hydrogens (tertiary/aromatic N) is 1. The van der Waals surface area contributed by atoms with Crippen molar-refractivity contribution in [2.75, 3.05) is 25.4 Å². The third kappa shape index (κ3) is 11.2. The summed E-state index contributed by atoms with van der Waals surface area (Å²) in [6.45, 7) is 0.990. The Morgan fingerprint density at radius 1 is 1.19 bits per heavy atom. The highest BCUT2D eigenvalue weighted by atomic mass is 32.2. The highest BCUT2D eigenvalue weighted by molar-refractivity contribution is 7.85. The molecular weight excluding hydrogens is 444 g/mol. The SMILES string of the molecule is O=C(O)C(=O)O.O=[N+]([O-])c1ccccc1OCC(O)CNCCCS(=O)C1CCCCC1. The van der Waals surface area contributed by atoms with Gasteiger partial charge in [-0.1, -0.05) is 31.4 Å². The number of carbonyl (C=O) groups is 2. The number of hydrogen-bond donors (Lipinski definition) is 4. The highest BCUT2D eigenvalue weighted by Gasteiger charge is 2.19. The number of ether oxygens (including phenoxy) is 1. The first kappa shape index (κ1) is 27.5. The van der Waals surface area contributed by atoms with Crippen molar-refractivity contribution in [3.05, 3.63) is 34.4 Å². The largest absolute Gasteiger partial charge is 0.484 e. The average Bonchev–Trinajstić information content (AvgIpc) is 2.78. The molecule has 2 rings (SSSR count). The predicted molar refractivity (Wildman–Crippen MR) is 117 cm³/mol. The number of aliphatic hydroxyl groups is 1. The molecule has 0 saturated heterocycles. The third-order valence-corrected chi connectivity index (χ3v) is 6.59. The second-order valence-electron chi connectivity index (χ2n) is 7.20. The minimum absolute atomic E-state index is 0.0220. The Balaban J connectivity index is 0.000000751. The van der Waals surface area contributed by atoms with Crippen LogP contribution in [0.5, 0.6) is 5.75 Å². The van der Waals surface area contributed by atoms with Crippen LogP contribution in [0.25, 0.3) is 0 Å². The van der Waals surface area contributed by atoms with Crippen LogP contribution >= 0.6 is 0 Å². The summed E-state index contributed by atoms with van der Waals surface area (Å²) in [6, 6.07) is 6.10. The number of aliphatic hydroxyl groups excluding tert-OH is 1. The molecule has 0 bridgehead atoms. The van der Waals surface area contributed by atoms with Crippen LogP contribution in [0.1, 0.15) is 38.5 Å². The van der Waals surface area contributed by atoms with E-state index in [1.54, 1.807) is 12.1 Å². The van der Waals surface area contributed by atoms with Gasteiger partial charge in [0, 0.05) is 34.4 Å². The van der Waals surface area contributed by atoms with E-state index >= 15 is 0 Å². The van der Waals surface area contributed by atoms with Gasteiger partial charge in [-0.15, -0.1) is 0 Å². The third-order valence-electron chi connectivity index (χ3n) is 4.68. The highest BCUT2D eigenvalue weighted by Crippen LogP contribution is 2.25. The average molecular weight is 475 g/mol. The van der Waals surface area contributed by atoms with E-state index in [0.29, 0.717) is 24.1 Å². The second-order valence-corrected chi connectivity index (χ2v) is 9.04. The summed E-state index contributed by atoms with van der Waals surface area (Å²) in [6.07, 6.45) is 5.87. The fraction of sp³-hybridized carbons (Fsp3) is 0.600. The Hall–Kier alpha value is -2.57. The predicted octanol–water partition coefficient (Wildman–Crippen LogP) is 1.55. The second kappa shape index (κ2) is 15.3. The van der Waals surface area contributed by atoms with Crippen molar-refractivity contribution in [1.82, 2.24) is 5.32 Å². The van der Waals surface area contributed by atoms with Gasteiger partial charge in [-0.2, -0.15) is 0 Å². The molecule has 2 atom stereocenters. The molecule has 0 heterocycles. The van der Waals surface area contributed by atoms with Crippen molar-refractivity contribution in [3.63, 3.8) is 0 Å². The smallest absolute Gasteiger partial charge is 0.414 e. The minimum atomic E-state index is -1.82. The first-order valence-electron chi connectivity index (χ1n) is 10.3. The lowest BCUT2D eigenvalue weighted by molar-refractivity contribution is -0.385. The standard InChI is InChI=1S/C18H28N2O5S.C2H2O4/c21-15(14-25-18-10-5-4-9-17(18)20(22)23)13-19-11-6-12-26(24)16-7-2-1-3-8-16;3-1(4)2(5)6/h4-5,9-10,15-16,19,21H,1-3,6-8,11-14H2;(H,3,4)(H,5,6). The van der Waals surface area contributed by atoms with Crippen LogP contribution < -0.4 is 10.1 Å². The molecule has 1 fully saturated rings. The maximum absolute atomic E-state index is 12.2. The van der Waals surface area contributed by atoms with Gasteiger partial charge >= 0.3 is 17.6 Å². The zero-order valence-electron chi connectivity index (χ0n) is 17.7. The number of para-hydroxylation sites is 2. The van der Waals surface area contributed by atoms with Crippen LogP contribution in [0, 0.1) is 10.1 Å². The minimum Gasteiger partial charge on any atom is -0.484 e. The van der Waals surface area contributed by atoms with E-state index in [1.165, 1.54) is 31.4 Å². The van der Waals surface area contributed by atoms with Crippen LogP contribution in [0.3, 0.4) is 0 Å². The summed E-state index contributed by atoms with van der Waals surface area (Å²) < 4.78 is 17.6. The Bertz CT molecular complexity index is 757. The number of nitrogens with one attached hydrogen (secondary N) is 1. The van der Waals surface area contributed by atoms with Crippen LogP contribution in [0.15, 0.2) is 24.3 Å². The molecule has 0 aliphatic heterocycles. The van der Waals surface area contributed by atoms with Crippen molar-refractivity contribution < 1.29 is 38.8 Å². The zero-order chi connectivity index (χ0) is 23.9. The van der Waals surface area contributed by atoms with Gasteiger partial charge in [0.05, 0.1) is 4.92 Å². The van der Waals surface area contributed by atoms with E-state index in [4.69, 9.17) is 24.5 Å². The van der Waals surface area contributed by atoms with Gasteiger partial charge in [-0.05, 0) is 31.9 Å². The van der Waals surface area contributed by atoms with Crippen molar-refractivity contribution in [2.45, 2.75) is 49.9 Å². The van der Waals surface area contributed by atoms with Gasteiger partial charge in [0.2, 0.25) is 0 Å². The Morgan fingerprint density at radius 3 is 2.41 bits per heavy atom. The molecule has 4 N–H and O–H groups in total. The summed E-state index contributed by atoms with van der Waals surface area (Å²) in [5, 5.41) is 39.1. The molecule has 0 radical (unpaired) electrons.